The number of aromatic nitrogens is 1. The Kier molecular flexibility index (Phi) is 4.70. The lowest BCUT2D eigenvalue weighted by Gasteiger charge is -2.16. The fraction of sp³-hybridized carbons (Fsp3) is 0.286. The van der Waals surface area contributed by atoms with Crippen molar-refractivity contribution in [1.82, 2.24) is 9.88 Å². The van der Waals surface area contributed by atoms with Crippen LogP contribution in [0.2, 0.25) is 0 Å². The average Bonchev–Trinajstić information content (AvgIpc) is 2.86. The van der Waals surface area contributed by atoms with Gasteiger partial charge in [0.05, 0.1) is 6.61 Å². The number of aryl methyl sites for hydroxylation is 1. The van der Waals surface area contributed by atoms with Crippen LogP contribution in [0.25, 0.3) is 10.6 Å². The highest BCUT2D eigenvalue weighted by molar-refractivity contribution is 7.13. The fourth-order valence-corrected chi connectivity index (χ4v) is 2.48. The Balaban J connectivity index is 2.12. The summed E-state index contributed by atoms with van der Waals surface area (Å²) in [5.41, 5.74) is 2.68. The van der Waals surface area contributed by atoms with E-state index in [-0.39, 0.29) is 12.6 Å². The maximum Gasteiger partial charge on any atom is 0.321 e. The number of nitrogens with one attached hydrogen (secondary N) is 1. The first kappa shape index (κ1) is 14.5. The van der Waals surface area contributed by atoms with E-state index in [4.69, 9.17) is 5.11 Å². The molecule has 2 amide bonds. The highest BCUT2D eigenvalue weighted by Gasteiger charge is 2.09. The lowest BCUT2D eigenvalue weighted by molar-refractivity contribution is 0.202. The summed E-state index contributed by atoms with van der Waals surface area (Å²) < 4.78 is 0. The number of benzene rings is 1. The number of carbonyl (C=O) groups excluding carboxylic acids is 1. The van der Waals surface area contributed by atoms with Gasteiger partial charge in [0.25, 0.3) is 0 Å². The first-order valence-electron chi connectivity index (χ1n) is 6.25. The molecule has 0 fully saturated rings. The third kappa shape index (κ3) is 3.55. The van der Waals surface area contributed by atoms with Crippen LogP contribution in [0.1, 0.15) is 5.69 Å². The van der Waals surface area contributed by atoms with Gasteiger partial charge < -0.3 is 15.3 Å². The lowest BCUT2D eigenvalue weighted by atomic mass is 10.2. The number of thiazole rings is 1. The Morgan fingerprint density at radius 3 is 2.95 bits per heavy atom. The van der Waals surface area contributed by atoms with Crippen molar-refractivity contribution in [3.63, 3.8) is 0 Å². The minimum Gasteiger partial charge on any atom is -0.395 e. The van der Waals surface area contributed by atoms with Crippen LogP contribution in [0.15, 0.2) is 29.6 Å². The van der Waals surface area contributed by atoms with Crippen LogP contribution in [0.5, 0.6) is 0 Å². The van der Waals surface area contributed by atoms with Crippen molar-refractivity contribution in [2.45, 2.75) is 6.92 Å². The van der Waals surface area contributed by atoms with Crippen molar-refractivity contribution in [3.05, 3.63) is 35.3 Å². The van der Waals surface area contributed by atoms with Crippen LogP contribution in [0.3, 0.4) is 0 Å². The number of rotatable bonds is 4. The minimum atomic E-state index is -0.244. The Bertz CT molecular complexity index is 598. The number of hydrogen-bond acceptors (Lipinski definition) is 4. The normalized spacial score (nSPS) is 10.3. The minimum absolute atomic E-state index is 0.0532. The molecule has 0 aliphatic rings. The monoisotopic (exact) mass is 291 g/mol. The zero-order chi connectivity index (χ0) is 14.5. The zero-order valence-corrected chi connectivity index (χ0v) is 12.3. The summed E-state index contributed by atoms with van der Waals surface area (Å²) in [4.78, 5) is 17.7. The predicted molar refractivity (Wildman–Crippen MR) is 81.0 cm³/mol. The van der Waals surface area contributed by atoms with Gasteiger partial charge in [-0.3, -0.25) is 0 Å². The Morgan fingerprint density at radius 2 is 2.30 bits per heavy atom. The summed E-state index contributed by atoms with van der Waals surface area (Å²) >= 11 is 1.58. The Labute approximate surface area is 121 Å². The van der Waals surface area contributed by atoms with Crippen molar-refractivity contribution in [2.24, 2.45) is 0 Å². The number of hydrogen-bond donors (Lipinski definition) is 2. The van der Waals surface area contributed by atoms with E-state index in [2.05, 4.69) is 10.3 Å². The van der Waals surface area contributed by atoms with Crippen LogP contribution >= 0.6 is 11.3 Å². The van der Waals surface area contributed by atoms with Gasteiger partial charge in [0, 0.05) is 35.9 Å². The molecule has 1 aromatic heterocycles. The van der Waals surface area contributed by atoms with Crippen LogP contribution in [-0.4, -0.2) is 41.2 Å². The van der Waals surface area contributed by atoms with Gasteiger partial charge in [-0.2, -0.15) is 0 Å². The maximum absolute atomic E-state index is 11.8. The molecule has 2 aromatic rings. The summed E-state index contributed by atoms with van der Waals surface area (Å²) in [6, 6.07) is 7.32. The van der Waals surface area contributed by atoms with Gasteiger partial charge in [-0.25, -0.2) is 9.78 Å². The molecule has 20 heavy (non-hydrogen) atoms. The summed E-state index contributed by atoms with van der Waals surface area (Å²) in [5.74, 6) is 0. The molecule has 0 unspecified atom stereocenters. The molecule has 0 saturated heterocycles. The molecule has 1 heterocycles. The second kappa shape index (κ2) is 6.49. The second-order valence-electron chi connectivity index (χ2n) is 4.45. The quantitative estimate of drug-likeness (QED) is 0.910. The van der Waals surface area contributed by atoms with Gasteiger partial charge in [0.1, 0.15) is 5.01 Å². The number of aliphatic hydroxyl groups excluding tert-OH is 1. The zero-order valence-electron chi connectivity index (χ0n) is 11.5. The summed E-state index contributed by atoms with van der Waals surface area (Å²) in [7, 11) is 1.64. The van der Waals surface area contributed by atoms with Crippen molar-refractivity contribution in [3.8, 4) is 10.6 Å². The number of anilines is 1. The van der Waals surface area contributed by atoms with E-state index in [9.17, 15) is 4.79 Å². The number of nitrogens with zero attached hydrogens (tertiary/aromatic N) is 2. The van der Waals surface area contributed by atoms with Gasteiger partial charge in [-0.05, 0) is 19.1 Å². The molecule has 0 spiro atoms. The van der Waals surface area contributed by atoms with Crippen LogP contribution in [-0.2, 0) is 0 Å². The van der Waals surface area contributed by atoms with E-state index in [0.29, 0.717) is 12.2 Å². The van der Waals surface area contributed by atoms with E-state index in [0.717, 1.165) is 16.3 Å². The summed E-state index contributed by atoms with van der Waals surface area (Å²) in [6.07, 6.45) is 0. The molecule has 106 valence electrons. The summed E-state index contributed by atoms with van der Waals surface area (Å²) in [6.45, 7) is 2.20. The molecule has 2 N–H and O–H groups in total. The Hall–Kier alpha value is -1.92. The van der Waals surface area contributed by atoms with E-state index < -0.39 is 0 Å². The van der Waals surface area contributed by atoms with E-state index in [1.54, 1.807) is 18.4 Å². The third-order valence-electron chi connectivity index (χ3n) is 2.76. The van der Waals surface area contributed by atoms with Crippen LogP contribution < -0.4 is 5.32 Å². The number of urea groups is 1. The van der Waals surface area contributed by atoms with E-state index in [1.807, 2.05) is 36.6 Å². The van der Waals surface area contributed by atoms with Crippen molar-refractivity contribution < 1.29 is 9.90 Å². The number of carbonyl (C=O) groups is 1. The molecule has 6 heteroatoms. The maximum atomic E-state index is 11.8. The highest BCUT2D eigenvalue weighted by atomic mass is 32.1. The molecule has 0 saturated carbocycles. The number of likely N-dealkylation sites (N-methyl/N-ethyl adjacent to an activating group) is 1. The number of amides is 2. The highest BCUT2D eigenvalue weighted by Crippen LogP contribution is 2.25. The smallest absolute Gasteiger partial charge is 0.321 e. The largest absolute Gasteiger partial charge is 0.395 e. The molecule has 0 bridgehead atoms. The molecule has 0 atom stereocenters. The molecule has 2 rings (SSSR count). The topological polar surface area (TPSA) is 65.5 Å². The van der Waals surface area contributed by atoms with E-state index >= 15 is 0 Å². The molecule has 0 aliphatic heterocycles. The third-order valence-corrected chi connectivity index (χ3v) is 3.77. The van der Waals surface area contributed by atoms with Crippen molar-refractivity contribution in [1.29, 1.82) is 0 Å². The second-order valence-corrected chi connectivity index (χ2v) is 5.31. The molecule has 5 nitrogen and oxygen atoms in total. The van der Waals surface area contributed by atoms with Gasteiger partial charge >= 0.3 is 6.03 Å². The van der Waals surface area contributed by atoms with Gasteiger partial charge in [-0.15, -0.1) is 11.3 Å². The van der Waals surface area contributed by atoms with Gasteiger partial charge in [-0.1, -0.05) is 12.1 Å². The molecule has 0 aliphatic carbocycles. The Morgan fingerprint density at radius 1 is 1.50 bits per heavy atom. The first-order valence-corrected chi connectivity index (χ1v) is 7.13. The molecule has 0 radical (unpaired) electrons. The average molecular weight is 291 g/mol. The molecular formula is C14H17N3O2S. The summed E-state index contributed by atoms with van der Waals surface area (Å²) in [5, 5.41) is 14.5. The predicted octanol–water partition coefficient (Wildman–Crippen LogP) is 2.57. The van der Waals surface area contributed by atoms with E-state index in [1.165, 1.54) is 4.90 Å². The fourth-order valence-electron chi connectivity index (χ4n) is 1.69. The van der Waals surface area contributed by atoms with Crippen molar-refractivity contribution in [2.75, 3.05) is 25.5 Å². The number of aliphatic hydroxyl groups is 1. The van der Waals surface area contributed by atoms with Crippen molar-refractivity contribution >= 4 is 23.1 Å². The molecular weight excluding hydrogens is 274 g/mol. The standard InChI is InChI=1S/C14H17N3O2S/c1-10-9-20-13(15-10)11-4-3-5-12(8-11)16-14(19)17(2)6-7-18/h3-5,8-9,18H,6-7H2,1-2H3,(H,16,19). The van der Waals surface area contributed by atoms with Gasteiger partial charge in [0.15, 0.2) is 0 Å². The SMILES string of the molecule is Cc1csc(-c2cccc(NC(=O)N(C)CCO)c2)n1. The lowest BCUT2D eigenvalue weighted by Crippen LogP contribution is -2.33. The van der Waals surface area contributed by atoms with Gasteiger partial charge in [0.2, 0.25) is 0 Å². The molecule has 1 aromatic carbocycles. The van der Waals surface area contributed by atoms with Crippen LogP contribution in [0.4, 0.5) is 10.5 Å². The first-order chi connectivity index (χ1) is 9.60. The van der Waals surface area contributed by atoms with Crippen LogP contribution in [0, 0.1) is 6.92 Å².